The van der Waals surface area contributed by atoms with Gasteiger partial charge in [0.25, 0.3) is 0 Å². The topological polar surface area (TPSA) is 330 Å². The number of Topliss-reactive ketones (excluding diaryl/α,β-unsaturated/α-hetero) is 1. The molecule has 0 aromatic rings. The Balaban J connectivity index is -0.00000721. The molecule has 0 bridgehead atoms. The van der Waals surface area contributed by atoms with Crippen molar-refractivity contribution in [2.45, 2.75) is 328 Å². The minimum atomic E-state index is -4.79. The molecule has 0 saturated heterocycles. The van der Waals surface area contributed by atoms with Crippen LogP contribution in [0, 0.1) is 0 Å². The summed E-state index contributed by atoms with van der Waals surface area (Å²) < 4.78 is 63.9. The summed E-state index contributed by atoms with van der Waals surface area (Å²) in [6.45, 7) is 8.06. The number of rotatable bonds is 70. The van der Waals surface area contributed by atoms with Crippen molar-refractivity contribution in [2.75, 3.05) is 65.9 Å². The normalized spacial score (nSPS) is 14.3. The number of nitrogens with one attached hydrogen (secondary N) is 4. The number of ketones is 1. The third-order valence-corrected chi connectivity index (χ3v) is 17.8. The number of unbranched alkanes of at least 4 members (excludes halogenated alkanes) is 25. The van der Waals surface area contributed by atoms with E-state index in [1.165, 1.54) is 51.4 Å². The molecule has 7 atom stereocenters. The molecule has 8 N–H and O–H groups in total. The zero-order chi connectivity index (χ0) is 69.6. The van der Waals surface area contributed by atoms with E-state index in [0.717, 1.165) is 135 Å². The Labute approximate surface area is 626 Å². The second-order valence-electron chi connectivity index (χ2n) is 25.1. The van der Waals surface area contributed by atoms with Gasteiger partial charge < -0.3 is 58.3 Å². The van der Waals surface area contributed by atoms with Crippen molar-refractivity contribution in [3.63, 3.8) is 0 Å². The molecule has 556 valence electrons. The van der Waals surface area contributed by atoms with Gasteiger partial charge in [-0.3, -0.25) is 46.9 Å². The zero-order valence-electron chi connectivity index (χ0n) is 62.9. The van der Waals surface area contributed by atoms with Crippen molar-refractivity contribution < 1.29 is 152 Å². The van der Waals surface area contributed by atoms with Crippen LogP contribution in [0.5, 0.6) is 0 Å². The maximum absolute atomic E-state index is 13.6. The van der Waals surface area contributed by atoms with E-state index in [1.54, 1.807) is 0 Å². The standard InChI is InChI=1S/C69H132N4O19P2.2Na.2H/c1-6-11-16-21-23-25-27-32-36-41-63(76)52-67(79)72-59(55-86-48-44-61(74)39-34-29-18-13-8-3)57-90-93(82,83)88-50-46-70-65(77)54-66(78)71-47-51-89-94(84,85)91-58-60(56-87-49-45-62(75)40-35-30-19-14-9-4)73-68(80)53-64(42-37-31-20-15-10-5)92-69(81)43-38-33-28-26-24-22-17-12-7-2;;;;/h26,28,59-62,64,74-75H,6-25,27,29-58H2,1-5H3,(H,70,77)(H,71,78)(H,72,79)(H,73,80)(H,82,83)(H,84,85);;;;/q;2*+1;2*-1/b28-26-;;;;/t59?,60?,61-,62-,64-;;;;/m1..../s1. The van der Waals surface area contributed by atoms with Crippen LogP contribution < -0.4 is 80.4 Å². The molecular formula is C69H134N4Na2O19P2. The van der Waals surface area contributed by atoms with E-state index >= 15 is 0 Å². The molecule has 96 heavy (non-hydrogen) atoms. The quantitative estimate of drug-likeness (QED) is 0.00726. The molecular weight excluding hydrogens is 1300 g/mol. The molecule has 0 aromatic heterocycles. The maximum atomic E-state index is 13.6. The molecule has 4 amide bonds. The van der Waals surface area contributed by atoms with E-state index in [0.29, 0.717) is 44.9 Å². The Morgan fingerprint density at radius 3 is 1.25 bits per heavy atom. The van der Waals surface area contributed by atoms with E-state index in [1.807, 2.05) is 0 Å². The third-order valence-electron chi connectivity index (χ3n) is 15.8. The summed E-state index contributed by atoms with van der Waals surface area (Å²) in [4.78, 5) is 98.5. The van der Waals surface area contributed by atoms with Crippen molar-refractivity contribution in [3.8, 4) is 0 Å². The maximum Gasteiger partial charge on any atom is 1.00 e. The first kappa shape index (κ1) is 99.0. The van der Waals surface area contributed by atoms with Crippen LogP contribution in [-0.4, -0.2) is 152 Å². The second-order valence-corrected chi connectivity index (χ2v) is 28.0. The molecule has 0 fully saturated rings. The SMILES string of the molecule is CCCCCC/C=C\CCCC(=O)O[C@H](CCCCCCC)CC(=O)NC(COCC[C@H](O)CCCCCCC)COP(=O)(O)OCCNC(=O)CC(=O)NCCOP(=O)(O)OCC(COCC[C@H](O)CCCCCCC)NC(=O)CC(=O)CCCCCCCCCCC.[H-].[H-].[Na+].[Na+]. The fraction of sp³-hybridized carbons (Fsp3) is 0.884. The minimum Gasteiger partial charge on any atom is -1.00 e. The van der Waals surface area contributed by atoms with E-state index in [9.17, 15) is 57.9 Å². The number of esters is 1. The van der Waals surface area contributed by atoms with Crippen LogP contribution in [0.2, 0.25) is 0 Å². The van der Waals surface area contributed by atoms with Gasteiger partial charge in [0.05, 0.1) is 76.8 Å². The summed E-state index contributed by atoms with van der Waals surface area (Å²) in [5.41, 5.74) is 0. The molecule has 0 aliphatic heterocycles. The monoisotopic (exact) mass is 1430 g/mol. The predicted molar refractivity (Wildman–Crippen MR) is 371 cm³/mol. The number of carbonyl (C=O) groups is 6. The number of phosphoric acid groups is 2. The number of hydrogen-bond donors (Lipinski definition) is 8. The summed E-state index contributed by atoms with van der Waals surface area (Å²) in [5.74, 6) is -3.26. The largest absolute Gasteiger partial charge is 1.00 e. The van der Waals surface area contributed by atoms with Crippen molar-refractivity contribution in [2.24, 2.45) is 0 Å². The number of hydrogen-bond acceptors (Lipinski definition) is 17. The number of amides is 4. The number of aliphatic hydroxyl groups excluding tert-OH is 2. The van der Waals surface area contributed by atoms with Crippen LogP contribution in [0.25, 0.3) is 0 Å². The zero-order valence-corrected chi connectivity index (χ0v) is 66.7. The fourth-order valence-corrected chi connectivity index (χ4v) is 11.7. The van der Waals surface area contributed by atoms with Gasteiger partial charge in [-0.2, -0.15) is 0 Å². The first-order valence-electron chi connectivity index (χ1n) is 36.5. The van der Waals surface area contributed by atoms with Gasteiger partial charge >= 0.3 is 80.7 Å². The van der Waals surface area contributed by atoms with E-state index in [-0.39, 0.29) is 139 Å². The van der Waals surface area contributed by atoms with E-state index in [4.69, 9.17) is 32.3 Å². The van der Waals surface area contributed by atoms with Crippen molar-refractivity contribution in [1.82, 2.24) is 21.3 Å². The minimum absolute atomic E-state index is 0. The average Bonchev–Trinajstić information content (AvgIpc) is 1.17. The Hall–Kier alpha value is -1.18. The summed E-state index contributed by atoms with van der Waals surface area (Å²) in [6.07, 6.45) is 36.4. The first-order chi connectivity index (χ1) is 45.3. The van der Waals surface area contributed by atoms with Crippen molar-refractivity contribution in [1.29, 1.82) is 0 Å². The fourth-order valence-electron chi connectivity index (χ4n) is 10.2. The Bertz CT molecular complexity index is 2050. The molecule has 0 heterocycles. The number of phosphoric ester groups is 2. The number of allylic oxidation sites excluding steroid dienone is 2. The smallest absolute Gasteiger partial charge is 1.00 e. The van der Waals surface area contributed by atoms with Gasteiger partial charge in [-0.15, -0.1) is 0 Å². The number of aliphatic hydroxyl groups is 2. The van der Waals surface area contributed by atoms with Crippen LogP contribution in [0.3, 0.4) is 0 Å². The molecule has 0 saturated carbocycles. The van der Waals surface area contributed by atoms with Gasteiger partial charge in [0.2, 0.25) is 23.6 Å². The van der Waals surface area contributed by atoms with Gasteiger partial charge in [0.15, 0.2) is 0 Å². The van der Waals surface area contributed by atoms with Gasteiger partial charge in [-0.1, -0.05) is 207 Å². The number of carbonyl (C=O) groups excluding carboxylic acids is 6. The third kappa shape index (κ3) is 67.3. The van der Waals surface area contributed by atoms with Gasteiger partial charge in [0, 0.05) is 39.1 Å². The summed E-state index contributed by atoms with van der Waals surface area (Å²) in [5, 5.41) is 31.2. The van der Waals surface area contributed by atoms with Gasteiger partial charge in [0.1, 0.15) is 18.3 Å². The predicted octanol–water partition coefficient (Wildman–Crippen LogP) is 7.57. The van der Waals surface area contributed by atoms with E-state index in [2.05, 4.69) is 68.0 Å². The van der Waals surface area contributed by atoms with Crippen LogP contribution >= 0.6 is 15.6 Å². The van der Waals surface area contributed by atoms with Crippen molar-refractivity contribution >= 4 is 51.0 Å². The van der Waals surface area contributed by atoms with Gasteiger partial charge in [-0.25, -0.2) is 9.13 Å². The second kappa shape index (κ2) is 69.5. The van der Waals surface area contributed by atoms with Crippen LogP contribution in [0.1, 0.15) is 301 Å². The Kier molecular flexibility index (Phi) is 71.7. The molecule has 23 nitrogen and oxygen atoms in total. The number of ether oxygens (including phenoxy) is 3. The molecule has 27 heteroatoms. The molecule has 4 unspecified atom stereocenters. The summed E-state index contributed by atoms with van der Waals surface area (Å²) >= 11 is 0. The van der Waals surface area contributed by atoms with E-state index < -0.39 is 103 Å². The van der Waals surface area contributed by atoms with Crippen LogP contribution in [0.15, 0.2) is 12.2 Å². The average molecular weight is 1430 g/mol. The molecule has 0 rings (SSSR count). The van der Waals surface area contributed by atoms with Crippen LogP contribution in [-0.2, 0) is 70.2 Å². The Morgan fingerprint density at radius 2 is 0.802 bits per heavy atom. The molecule has 0 aromatic carbocycles. The Morgan fingerprint density at radius 1 is 0.417 bits per heavy atom. The molecule has 0 radical (unpaired) electrons. The van der Waals surface area contributed by atoms with Crippen molar-refractivity contribution in [3.05, 3.63) is 12.2 Å². The first-order valence-corrected chi connectivity index (χ1v) is 39.5. The summed E-state index contributed by atoms with van der Waals surface area (Å²) in [7, 11) is -9.56. The summed E-state index contributed by atoms with van der Waals surface area (Å²) in [6, 6.07) is -1.91. The molecule has 0 aliphatic rings. The van der Waals surface area contributed by atoms with Gasteiger partial charge in [-0.05, 0) is 70.6 Å². The molecule has 0 aliphatic carbocycles. The molecule has 0 spiro atoms. The van der Waals surface area contributed by atoms with Crippen LogP contribution in [0.4, 0.5) is 0 Å².